The molecule has 0 aromatic heterocycles. The first-order valence-electron chi connectivity index (χ1n) is 9.91. The number of hydrogen-bond donors (Lipinski definition) is 1. The summed E-state index contributed by atoms with van der Waals surface area (Å²) < 4.78 is 11.8. The number of ether oxygens (including phenoxy) is 2. The summed E-state index contributed by atoms with van der Waals surface area (Å²) in [5.74, 6) is 0.238. The van der Waals surface area contributed by atoms with E-state index in [-0.39, 0.29) is 11.6 Å². The van der Waals surface area contributed by atoms with Crippen molar-refractivity contribution < 1.29 is 23.9 Å². The first-order chi connectivity index (χ1) is 13.7. The smallest absolute Gasteiger partial charge is 0.407 e. The van der Waals surface area contributed by atoms with Crippen molar-refractivity contribution in [2.75, 3.05) is 5.75 Å². The van der Waals surface area contributed by atoms with Crippen molar-refractivity contribution >= 4 is 35.2 Å². The van der Waals surface area contributed by atoms with E-state index in [4.69, 9.17) is 9.47 Å². The van der Waals surface area contributed by atoms with Crippen LogP contribution in [0, 0.1) is 0 Å². The number of thioether (sulfide) groups is 1. The van der Waals surface area contributed by atoms with Gasteiger partial charge in [-0.15, -0.1) is 11.8 Å². The van der Waals surface area contributed by atoms with Crippen molar-refractivity contribution in [2.45, 2.75) is 63.7 Å². The van der Waals surface area contributed by atoms with E-state index < -0.39 is 23.3 Å². The number of rotatable bonds is 1. The molecule has 1 aromatic rings. The summed E-state index contributed by atoms with van der Waals surface area (Å²) in [5.41, 5.74) is 0.204. The number of amides is 1. The lowest BCUT2D eigenvalue weighted by atomic mass is 9.82. The number of nitrogens with one attached hydrogen (secondary N) is 1. The molecule has 1 N–H and O–H groups in total. The maximum absolute atomic E-state index is 12.5. The summed E-state index contributed by atoms with van der Waals surface area (Å²) in [4.78, 5) is 37.4. The molecule has 4 rings (SSSR count). The summed E-state index contributed by atoms with van der Waals surface area (Å²) in [5, 5.41) is 2.95. The van der Waals surface area contributed by atoms with Crippen molar-refractivity contribution in [1.29, 1.82) is 0 Å². The molecule has 0 saturated heterocycles. The normalized spacial score (nSPS) is 26.5. The van der Waals surface area contributed by atoms with E-state index in [0.29, 0.717) is 27.5 Å². The van der Waals surface area contributed by atoms with Crippen LogP contribution in [-0.4, -0.2) is 40.7 Å². The zero-order valence-corrected chi connectivity index (χ0v) is 17.7. The molecule has 1 aliphatic heterocycles. The van der Waals surface area contributed by atoms with Gasteiger partial charge in [-0.1, -0.05) is 24.3 Å². The van der Waals surface area contributed by atoms with E-state index >= 15 is 0 Å². The molecule has 1 fully saturated rings. The first kappa shape index (κ1) is 20.0. The van der Waals surface area contributed by atoms with Crippen LogP contribution in [0.4, 0.5) is 4.79 Å². The van der Waals surface area contributed by atoms with Crippen molar-refractivity contribution in [3.63, 3.8) is 0 Å². The lowest BCUT2D eigenvalue weighted by molar-refractivity contribution is -0.111. The molecule has 1 amide bonds. The molecule has 0 bridgehead atoms. The lowest BCUT2D eigenvalue weighted by Gasteiger charge is -2.44. The molecule has 1 saturated carbocycles. The highest BCUT2D eigenvalue weighted by Gasteiger charge is 2.46. The Hall–Kier alpha value is -2.28. The van der Waals surface area contributed by atoms with Crippen molar-refractivity contribution in [3.8, 4) is 0 Å². The first-order valence-corrected chi connectivity index (χ1v) is 10.9. The van der Waals surface area contributed by atoms with Crippen LogP contribution < -0.4 is 5.32 Å². The molecule has 2 aliphatic carbocycles. The van der Waals surface area contributed by atoms with Gasteiger partial charge in [0.25, 0.3) is 0 Å². The van der Waals surface area contributed by atoms with Crippen LogP contribution in [0.1, 0.15) is 62.4 Å². The van der Waals surface area contributed by atoms with Crippen LogP contribution in [0.25, 0.3) is 5.76 Å². The Balaban J connectivity index is 1.47. The maximum Gasteiger partial charge on any atom is 0.407 e. The van der Waals surface area contributed by atoms with Gasteiger partial charge in [0.15, 0.2) is 0 Å². The summed E-state index contributed by atoms with van der Waals surface area (Å²) in [6, 6.07) is 7.17. The minimum atomic E-state index is -0.523. The second-order valence-corrected chi connectivity index (χ2v) is 9.84. The number of benzene rings is 1. The minimum absolute atomic E-state index is 0.0429. The second-order valence-electron chi connectivity index (χ2n) is 8.86. The van der Waals surface area contributed by atoms with Gasteiger partial charge in [0.1, 0.15) is 21.9 Å². The molecule has 1 heterocycles. The lowest BCUT2D eigenvalue weighted by Crippen LogP contribution is -2.48. The maximum atomic E-state index is 12.5. The Morgan fingerprint density at radius 1 is 1.14 bits per heavy atom. The molecular formula is C22H25NO5S. The molecule has 7 heteroatoms. The molecule has 0 radical (unpaired) electrons. The number of carbonyl (C=O) groups excluding carboxylic acids is 3. The molecule has 154 valence electrons. The summed E-state index contributed by atoms with van der Waals surface area (Å²) in [6.07, 6.45) is 2.68. The molecule has 29 heavy (non-hydrogen) atoms. The molecule has 1 spiro atoms. The minimum Gasteiger partial charge on any atom is -0.484 e. The predicted molar refractivity (Wildman–Crippen MR) is 111 cm³/mol. The summed E-state index contributed by atoms with van der Waals surface area (Å²) in [7, 11) is 0. The number of allylic oxidation sites excluding steroid dienone is 1. The molecule has 3 aliphatic rings. The fourth-order valence-corrected chi connectivity index (χ4v) is 5.28. The Kier molecular flexibility index (Phi) is 4.97. The Morgan fingerprint density at radius 3 is 2.45 bits per heavy atom. The largest absolute Gasteiger partial charge is 0.484 e. The zero-order valence-electron chi connectivity index (χ0n) is 16.9. The second kappa shape index (κ2) is 7.20. The van der Waals surface area contributed by atoms with Crippen LogP contribution in [0.2, 0.25) is 0 Å². The van der Waals surface area contributed by atoms with Gasteiger partial charge in [-0.25, -0.2) is 4.79 Å². The van der Waals surface area contributed by atoms with Crippen LogP contribution >= 0.6 is 11.8 Å². The summed E-state index contributed by atoms with van der Waals surface area (Å²) >= 11 is 1.42. The van der Waals surface area contributed by atoms with E-state index in [9.17, 15) is 14.4 Å². The van der Waals surface area contributed by atoms with E-state index in [0.717, 1.165) is 25.7 Å². The van der Waals surface area contributed by atoms with Gasteiger partial charge in [0.05, 0.1) is 0 Å². The molecular weight excluding hydrogens is 390 g/mol. The van der Waals surface area contributed by atoms with Crippen LogP contribution in [-0.2, 0) is 14.3 Å². The standard InChI is InChI=1S/C22H25NO5S/c1-21(2,3)28-20(26)23-13-8-10-22(11-9-13)12-29-19-17(25)16(24)14-6-4-5-7-15(14)18(19)27-22/h4-7,13H,8-12H2,1-3H3,(H,23,26). The number of fused-ring (bicyclic) bond motifs is 2. The predicted octanol–water partition coefficient (Wildman–Crippen LogP) is 4.09. The van der Waals surface area contributed by atoms with Crippen molar-refractivity contribution in [3.05, 3.63) is 40.3 Å². The van der Waals surface area contributed by atoms with E-state index in [1.165, 1.54) is 11.8 Å². The van der Waals surface area contributed by atoms with Gasteiger partial charge >= 0.3 is 6.09 Å². The van der Waals surface area contributed by atoms with Crippen LogP contribution in [0.3, 0.4) is 0 Å². The van der Waals surface area contributed by atoms with Crippen molar-refractivity contribution in [2.24, 2.45) is 0 Å². The number of carbonyl (C=O) groups is 3. The van der Waals surface area contributed by atoms with Gasteiger partial charge < -0.3 is 14.8 Å². The highest BCUT2D eigenvalue weighted by molar-refractivity contribution is 8.04. The third kappa shape index (κ3) is 3.92. The summed E-state index contributed by atoms with van der Waals surface area (Å²) in [6.45, 7) is 5.53. The average molecular weight is 416 g/mol. The van der Waals surface area contributed by atoms with Gasteiger partial charge in [0.2, 0.25) is 11.6 Å². The Labute approximate surface area is 174 Å². The fraction of sp³-hybridized carbons (Fsp3) is 0.500. The molecule has 0 atom stereocenters. The topological polar surface area (TPSA) is 81.7 Å². The highest BCUT2D eigenvalue weighted by Crippen LogP contribution is 2.48. The Bertz CT molecular complexity index is 906. The zero-order chi connectivity index (χ0) is 20.8. The monoisotopic (exact) mass is 415 g/mol. The number of hydrogen-bond acceptors (Lipinski definition) is 6. The Morgan fingerprint density at radius 2 is 1.79 bits per heavy atom. The number of Topliss-reactive ketones (excluding diaryl/α,β-unsaturated/α-hetero) is 2. The van der Waals surface area contributed by atoms with Gasteiger partial charge in [-0.3, -0.25) is 9.59 Å². The van der Waals surface area contributed by atoms with E-state index in [1.54, 1.807) is 12.1 Å². The van der Waals surface area contributed by atoms with Gasteiger partial charge in [-0.05, 0) is 46.5 Å². The highest BCUT2D eigenvalue weighted by atomic mass is 32.2. The third-order valence-corrected chi connectivity index (χ3v) is 6.78. The van der Waals surface area contributed by atoms with Crippen LogP contribution in [0.15, 0.2) is 29.2 Å². The average Bonchev–Trinajstić information content (AvgIpc) is 2.67. The molecule has 6 nitrogen and oxygen atoms in total. The van der Waals surface area contributed by atoms with Gasteiger partial charge in [-0.2, -0.15) is 0 Å². The third-order valence-electron chi connectivity index (χ3n) is 5.45. The molecule has 1 aromatic carbocycles. The number of alkyl carbamates (subject to hydrolysis) is 1. The van der Waals surface area contributed by atoms with E-state index in [2.05, 4.69) is 5.32 Å². The fourth-order valence-electron chi connectivity index (χ4n) is 4.02. The van der Waals surface area contributed by atoms with Crippen LogP contribution in [0.5, 0.6) is 0 Å². The van der Waals surface area contributed by atoms with E-state index in [1.807, 2.05) is 32.9 Å². The number of ketones is 2. The van der Waals surface area contributed by atoms with Gasteiger partial charge in [0, 0.05) is 22.9 Å². The molecule has 0 unspecified atom stereocenters. The van der Waals surface area contributed by atoms with Crippen molar-refractivity contribution in [1.82, 2.24) is 5.32 Å². The SMILES string of the molecule is CC(C)(C)OC(=O)NC1CCC2(CC1)CSC1=C(O2)c2ccccc2C(=O)C1=O. The quantitative estimate of drug-likeness (QED) is 0.696.